The number of carbonyl (C=O) groups excluding carboxylic acids is 2. The number of carbonyl (C=O) groups is 2. The molecule has 3 aromatic carbocycles. The molecule has 1 heterocycles. The molecular formula is C28H29N3O5S. The zero-order chi connectivity index (χ0) is 26.6. The Morgan fingerprint density at radius 1 is 0.865 bits per heavy atom. The summed E-state index contributed by atoms with van der Waals surface area (Å²) in [4.78, 5) is 26.2. The lowest BCUT2D eigenvalue weighted by molar-refractivity contribution is -0.118. The second-order valence-corrected chi connectivity index (χ2v) is 11.3. The number of sulfonamides is 1. The predicted molar refractivity (Wildman–Crippen MR) is 143 cm³/mol. The number of rotatable bonds is 8. The molecule has 3 N–H and O–H groups in total. The van der Waals surface area contributed by atoms with Crippen molar-refractivity contribution in [1.82, 2.24) is 10.0 Å². The lowest BCUT2D eigenvalue weighted by Crippen LogP contribution is -2.45. The van der Waals surface area contributed by atoms with Gasteiger partial charge in [0.15, 0.2) is 5.76 Å². The quantitative estimate of drug-likeness (QED) is 0.317. The van der Waals surface area contributed by atoms with Crippen molar-refractivity contribution in [2.75, 3.05) is 5.32 Å². The number of anilines is 1. The topological polar surface area (TPSA) is 118 Å². The van der Waals surface area contributed by atoms with Crippen molar-refractivity contribution in [3.63, 3.8) is 0 Å². The highest BCUT2D eigenvalue weighted by molar-refractivity contribution is 7.89. The monoisotopic (exact) mass is 519 g/mol. The van der Waals surface area contributed by atoms with Crippen LogP contribution >= 0.6 is 0 Å². The number of amides is 2. The van der Waals surface area contributed by atoms with Gasteiger partial charge in [-0.1, -0.05) is 54.6 Å². The standard InChI is InChI=1S/C28H29N3O5S/c1-28(2,3)31-37(34,35)25-16-8-12-20-21(25)13-7-14-22(20)29-26(32)23(18-19-10-5-4-6-11-19)30-27(33)24-15-9-17-36-24/h4-17,23,31H,18H2,1-3H3,(H,29,32)(H,30,33). The summed E-state index contributed by atoms with van der Waals surface area (Å²) in [7, 11) is -3.82. The molecule has 8 nitrogen and oxygen atoms in total. The second-order valence-electron chi connectivity index (χ2n) is 9.69. The normalized spacial score (nSPS) is 12.7. The molecule has 0 aliphatic rings. The minimum absolute atomic E-state index is 0.0946. The minimum Gasteiger partial charge on any atom is -0.459 e. The van der Waals surface area contributed by atoms with Crippen LogP contribution in [0.25, 0.3) is 10.8 Å². The highest BCUT2D eigenvalue weighted by Gasteiger charge is 2.26. The smallest absolute Gasteiger partial charge is 0.287 e. The van der Waals surface area contributed by atoms with E-state index < -0.39 is 33.4 Å². The molecular weight excluding hydrogens is 490 g/mol. The number of fused-ring (bicyclic) bond motifs is 1. The van der Waals surface area contributed by atoms with Crippen LogP contribution in [0.3, 0.4) is 0 Å². The molecule has 0 aliphatic carbocycles. The van der Waals surface area contributed by atoms with Crippen molar-refractivity contribution in [1.29, 1.82) is 0 Å². The van der Waals surface area contributed by atoms with Crippen LogP contribution in [0.2, 0.25) is 0 Å². The van der Waals surface area contributed by atoms with Crippen LogP contribution in [0.4, 0.5) is 5.69 Å². The first-order valence-corrected chi connectivity index (χ1v) is 13.3. The fourth-order valence-corrected chi connectivity index (χ4v) is 5.64. The van der Waals surface area contributed by atoms with Gasteiger partial charge in [-0.25, -0.2) is 13.1 Å². The van der Waals surface area contributed by atoms with Crippen LogP contribution in [0.15, 0.2) is 94.4 Å². The molecule has 1 aromatic heterocycles. The molecule has 0 bridgehead atoms. The Morgan fingerprint density at radius 2 is 1.57 bits per heavy atom. The summed E-state index contributed by atoms with van der Waals surface area (Å²) in [5.41, 5.74) is 0.631. The van der Waals surface area contributed by atoms with E-state index >= 15 is 0 Å². The number of furan rings is 1. The third-order valence-electron chi connectivity index (χ3n) is 5.52. The third-order valence-corrected chi connectivity index (χ3v) is 7.34. The van der Waals surface area contributed by atoms with Gasteiger partial charge in [0.05, 0.1) is 11.2 Å². The van der Waals surface area contributed by atoms with E-state index in [2.05, 4.69) is 15.4 Å². The summed E-state index contributed by atoms with van der Waals surface area (Å²) >= 11 is 0. The van der Waals surface area contributed by atoms with Crippen LogP contribution in [0, 0.1) is 0 Å². The maximum atomic E-state index is 13.4. The first-order chi connectivity index (χ1) is 17.5. The average Bonchev–Trinajstić information content (AvgIpc) is 3.38. The Hall–Kier alpha value is -3.95. The third kappa shape index (κ3) is 6.44. The van der Waals surface area contributed by atoms with Gasteiger partial charge in [-0.2, -0.15) is 0 Å². The molecule has 1 unspecified atom stereocenters. The highest BCUT2D eigenvalue weighted by atomic mass is 32.2. The number of hydrogen-bond donors (Lipinski definition) is 3. The van der Waals surface area contributed by atoms with E-state index in [1.165, 1.54) is 18.4 Å². The number of hydrogen-bond acceptors (Lipinski definition) is 5. The molecule has 0 saturated carbocycles. The van der Waals surface area contributed by atoms with E-state index in [-0.39, 0.29) is 17.1 Å². The molecule has 0 aliphatic heterocycles. The van der Waals surface area contributed by atoms with Crippen molar-refractivity contribution < 1.29 is 22.4 Å². The van der Waals surface area contributed by atoms with Crippen LogP contribution in [-0.4, -0.2) is 31.8 Å². The summed E-state index contributed by atoms with van der Waals surface area (Å²) in [5.74, 6) is -0.866. The van der Waals surface area contributed by atoms with Gasteiger partial charge in [0, 0.05) is 28.4 Å². The van der Waals surface area contributed by atoms with Crippen molar-refractivity contribution >= 4 is 38.3 Å². The maximum absolute atomic E-state index is 13.4. The zero-order valence-electron chi connectivity index (χ0n) is 20.8. The summed E-state index contributed by atoms with van der Waals surface area (Å²) in [6.07, 6.45) is 1.64. The molecule has 0 spiro atoms. The van der Waals surface area contributed by atoms with E-state index in [4.69, 9.17) is 4.42 Å². The minimum atomic E-state index is -3.82. The molecule has 1 atom stereocenters. The lowest BCUT2D eigenvalue weighted by Gasteiger charge is -2.22. The number of benzene rings is 3. The molecule has 4 aromatic rings. The average molecular weight is 520 g/mol. The number of nitrogens with one attached hydrogen (secondary N) is 3. The summed E-state index contributed by atoms with van der Waals surface area (Å²) in [6, 6.07) is 21.5. The summed E-state index contributed by atoms with van der Waals surface area (Å²) < 4.78 is 34.0. The molecule has 4 rings (SSSR count). The van der Waals surface area contributed by atoms with Gasteiger partial charge in [0.1, 0.15) is 6.04 Å². The largest absolute Gasteiger partial charge is 0.459 e. The van der Waals surface area contributed by atoms with Gasteiger partial charge in [-0.15, -0.1) is 0 Å². The molecule has 2 amide bonds. The predicted octanol–water partition coefficient (Wildman–Crippen LogP) is 4.49. The van der Waals surface area contributed by atoms with Gasteiger partial charge in [-0.3, -0.25) is 9.59 Å². The zero-order valence-corrected chi connectivity index (χ0v) is 21.6. The molecule has 192 valence electrons. The first kappa shape index (κ1) is 26.1. The molecule has 0 radical (unpaired) electrons. The van der Waals surface area contributed by atoms with E-state index in [1.54, 1.807) is 57.2 Å². The van der Waals surface area contributed by atoms with Gasteiger partial charge in [0.2, 0.25) is 15.9 Å². The van der Waals surface area contributed by atoms with E-state index in [1.807, 2.05) is 30.3 Å². The van der Waals surface area contributed by atoms with Gasteiger partial charge in [0.25, 0.3) is 5.91 Å². The Labute approximate surface area is 216 Å². The van der Waals surface area contributed by atoms with Gasteiger partial charge >= 0.3 is 0 Å². The van der Waals surface area contributed by atoms with E-state index in [9.17, 15) is 18.0 Å². The molecule has 0 saturated heterocycles. The maximum Gasteiger partial charge on any atom is 0.287 e. The Kier molecular flexibility index (Phi) is 7.47. The summed E-state index contributed by atoms with van der Waals surface area (Å²) in [5, 5.41) is 6.66. The summed E-state index contributed by atoms with van der Waals surface area (Å²) in [6.45, 7) is 5.31. The highest BCUT2D eigenvalue weighted by Crippen LogP contribution is 2.29. The van der Waals surface area contributed by atoms with Gasteiger partial charge < -0.3 is 15.1 Å². The second kappa shape index (κ2) is 10.6. The fourth-order valence-electron chi connectivity index (χ4n) is 4.00. The van der Waals surface area contributed by atoms with E-state index in [0.29, 0.717) is 16.5 Å². The van der Waals surface area contributed by atoms with Crippen LogP contribution in [-0.2, 0) is 21.2 Å². The van der Waals surface area contributed by atoms with Crippen molar-refractivity contribution in [2.45, 2.75) is 43.7 Å². The first-order valence-electron chi connectivity index (χ1n) is 11.8. The molecule has 0 fully saturated rings. The van der Waals surface area contributed by atoms with Crippen LogP contribution in [0.5, 0.6) is 0 Å². The van der Waals surface area contributed by atoms with Crippen LogP contribution < -0.4 is 15.4 Å². The van der Waals surface area contributed by atoms with Crippen LogP contribution in [0.1, 0.15) is 36.9 Å². The molecule has 9 heteroatoms. The lowest BCUT2D eigenvalue weighted by atomic mass is 10.0. The Morgan fingerprint density at radius 3 is 2.24 bits per heavy atom. The van der Waals surface area contributed by atoms with Crippen molar-refractivity contribution in [3.8, 4) is 0 Å². The van der Waals surface area contributed by atoms with Gasteiger partial charge in [-0.05, 0) is 50.6 Å². The van der Waals surface area contributed by atoms with E-state index in [0.717, 1.165) is 5.56 Å². The Balaban J connectivity index is 1.65. The molecule has 37 heavy (non-hydrogen) atoms. The van der Waals surface area contributed by atoms with Crippen molar-refractivity contribution in [2.24, 2.45) is 0 Å². The van der Waals surface area contributed by atoms with Crippen molar-refractivity contribution in [3.05, 3.63) is 96.4 Å². The fraction of sp³-hybridized carbons (Fsp3) is 0.214. The SMILES string of the molecule is CC(C)(C)NS(=O)(=O)c1cccc2c(NC(=O)C(Cc3ccccc3)NC(=O)c3ccco3)cccc12. The Bertz CT molecular complexity index is 1510.